The maximum absolute atomic E-state index is 12.9. The van der Waals surface area contributed by atoms with Gasteiger partial charge in [0.05, 0.1) is 23.8 Å². The summed E-state index contributed by atoms with van der Waals surface area (Å²) in [6.07, 6.45) is 0. The van der Waals surface area contributed by atoms with E-state index in [-0.39, 0.29) is 10.8 Å². The van der Waals surface area contributed by atoms with E-state index in [1.165, 1.54) is 10.4 Å². The molecular weight excluding hydrogens is 432 g/mol. The second-order valence-electron chi connectivity index (χ2n) is 6.43. The Morgan fingerprint density at radius 1 is 1.11 bits per heavy atom. The minimum Gasteiger partial charge on any atom is -0.379 e. The third kappa shape index (κ3) is 4.40. The molecule has 0 radical (unpaired) electrons. The summed E-state index contributed by atoms with van der Waals surface area (Å²) in [5.41, 5.74) is 2.73. The molecule has 0 saturated carbocycles. The number of hydrogen-bond donors (Lipinski definition) is 1. The number of halogens is 1. The number of benzene rings is 2. The summed E-state index contributed by atoms with van der Waals surface area (Å²) in [7, 11) is -3.66. The minimum absolute atomic E-state index is 0.114. The first-order chi connectivity index (χ1) is 12.8. The van der Waals surface area contributed by atoms with Gasteiger partial charge >= 0.3 is 0 Å². The summed E-state index contributed by atoms with van der Waals surface area (Å²) in [5.74, 6) is -0.351. The van der Waals surface area contributed by atoms with Crippen LogP contribution in [0, 0.1) is 13.8 Å². The highest BCUT2D eigenvalue weighted by atomic mass is 79.9. The molecule has 2 aromatic rings. The van der Waals surface area contributed by atoms with E-state index >= 15 is 0 Å². The highest BCUT2D eigenvalue weighted by molar-refractivity contribution is 9.10. The van der Waals surface area contributed by atoms with Crippen molar-refractivity contribution >= 4 is 37.5 Å². The van der Waals surface area contributed by atoms with Crippen molar-refractivity contribution in [3.63, 3.8) is 0 Å². The Morgan fingerprint density at radius 2 is 1.81 bits per heavy atom. The van der Waals surface area contributed by atoms with Crippen molar-refractivity contribution in [1.82, 2.24) is 4.31 Å². The molecule has 1 aliphatic rings. The number of ether oxygens (including phenoxy) is 1. The fourth-order valence-corrected chi connectivity index (χ4v) is 4.88. The monoisotopic (exact) mass is 452 g/mol. The summed E-state index contributed by atoms with van der Waals surface area (Å²) in [6, 6.07) is 10.2. The molecule has 2 aromatic carbocycles. The predicted molar refractivity (Wildman–Crippen MR) is 108 cm³/mol. The Morgan fingerprint density at radius 3 is 2.48 bits per heavy atom. The van der Waals surface area contributed by atoms with Crippen LogP contribution in [0.5, 0.6) is 0 Å². The SMILES string of the molecule is Cc1ccc(NC(=O)c2cc(S(=O)(=O)N3CCOCC3)ccc2C)c(Br)c1. The lowest BCUT2D eigenvalue weighted by Gasteiger charge is -2.26. The van der Waals surface area contributed by atoms with E-state index in [0.717, 1.165) is 10.0 Å². The Kier molecular flexibility index (Phi) is 6.00. The van der Waals surface area contributed by atoms with Gasteiger partial charge in [-0.15, -0.1) is 0 Å². The van der Waals surface area contributed by atoms with Gasteiger partial charge < -0.3 is 10.1 Å². The normalized spacial score (nSPS) is 15.5. The summed E-state index contributed by atoms with van der Waals surface area (Å²) < 4.78 is 33.1. The Balaban J connectivity index is 1.89. The summed E-state index contributed by atoms with van der Waals surface area (Å²) in [5, 5.41) is 2.84. The molecule has 1 aliphatic heterocycles. The van der Waals surface area contributed by atoms with E-state index < -0.39 is 10.0 Å². The number of nitrogens with zero attached hydrogens (tertiary/aromatic N) is 1. The van der Waals surface area contributed by atoms with Gasteiger partial charge in [0.15, 0.2) is 0 Å². The Labute approximate surface area is 167 Å². The van der Waals surface area contributed by atoms with Crippen molar-refractivity contribution in [3.05, 3.63) is 57.6 Å². The number of carbonyl (C=O) groups is 1. The fourth-order valence-electron chi connectivity index (χ4n) is 2.85. The summed E-state index contributed by atoms with van der Waals surface area (Å²) in [4.78, 5) is 12.9. The molecule has 0 aromatic heterocycles. The number of nitrogens with one attached hydrogen (secondary N) is 1. The first-order valence-electron chi connectivity index (χ1n) is 8.55. The van der Waals surface area contributed by atoms with Crippen LogP contribution in [-0.4, -0.2) is 44.9 Å². The lowest BCUT2D eigenvalue weighted by atomic mass is 10.1. The van der Waals surface area contributed by atoms with Gasteiger partial charge in [-0.3, -0.25) is 4.79 Å². The van der Waals surface area contributed by atoms with Crippen molar-refractivity contribution in [3.8, 4) is 0 Å². The number of carbonyl (C=O) groups excluding carboxylic acids is 1. The van der Waals surface area contributed by atoms with E-state index in [9.17, 15) is 13.2 Å². The average molecular weight is 453 g/mol. The lowest BCUT2D eigenvalue weighted by Crippen LogP contribution is -2.40. The molecule has 0 bridgehead atoms. The molecule has 3 rings (SSSR count). The smallest absolute Gasteiger partial charge is 0.256 e. The Bertz CT molecular complexity index is 970. The molecular formula is C19H21BrN2O4S. The highest BCUT2D eigenvalue weighted by Gasteiger charge is 2.27. The quantitative estimate of drug-likeness (QED) is 0.771. The van der Waals surface area contributed by atoms with E-state index in [2.05, 4.69) is 21.2 Å². The zero-order valence-electron chi connectivity index (χ0n) is 15.2. The second-order valence-corrected chi connectivity index (χ2v) is 9.22. The lowest BCUT2D eigenvalue weighted by molar-refractivity contribution is 0.0730. The van der Waals surface area contributed by atoms with Gasteiger partial charge in [-0.1, -0.05) is 12.1 Å². The van der Waals surface area contributed by atoms with Crippen LogP contribution in [0.3, 0.4) is 0 Å². The number of morpholine rings is 1. The number of amides is 1. The number of rotatable bonds is 4. The van der Waals surface area contributed by atoms with Crippen LogP contribution < -0.4 is 5.32 Å². The zero-order chi connectivity index (χ0) is 19.6. The van der Waals surface area contributed by atoms with Crippen LogP contribution in [0.15, 0.2) is 45.8 Å². The number of hydrogen-bond acceptors (Lipinski definition) is 4. The van der Waals surface area contributed by atoms with Crippen molar-refractivity contribution < 1.29 is 17.9 Å². The van der Waals surface area contributed by atoms with Crippen LogP contribution in [0.4, 0.5) is 5.69 Å². The highest BCUT2D eigenvalue weighted by Crippen LogP contribution is 2.25. The summed E-state index contributed by atoms with van der Waals surface area (Å²) >= 11 is 3.44. The van der Waals surface area contributed by atoms with Gasteiger partial charge in [-0.05, 0) is 65.2 Å². The van der Waals surface area contributed by atoms with Gasteiger partial charge in [-0.2, -0.15) is 4.31 Å². The molecule has 6 nitrogen and oxygen atoms in total. The molecule has 1 fully saturated rings. The molecule has 144 valence electrons. The standard InChI is InChI=1S/C19H21BrN2O4S/c1-13-3-6-18(17(20)11-13)21-19(23)16-12-15(5-4-14(16)2)27(24,25)22-7-9-26-10-8-22/h3-6,11-12H,7-10H2,1-2H3,(H,21,23). The molecule has 0 aliphatic carbocycles. The van der Waals surface area contributed by atoms with Crippen LogP contribution in [0.25, 0.3) is 0 Å². The molecule has 1 heterocycles. The molecule has 0 spiro atoms. The topological polar surface area (TPSA) is 75.7 Å². The van der Waals surface area contributed by atoms with Crippen LogP contribution in [0.2, 0.25) is 0 Å². The van der Waals surface area contributed by atoms with E-state index in [1.54, 1.807) is 25.1 Å². The third-order valence-corrected chi connectivity index (χ3v) is 6.99. The Hall–Kier alpha value is -1.74. The first-order valence-corrected chi connectivity index (χ1v) is 10.8. The molecule has 0 atom stereocenters. The van der Waals surface area contributed by atoms with E-state index in [4.69, 9.17) is 4.74 Å². The van der Waals surface area contributed by atoms with Crippen LogP contribution in [-0.2, 0) is 14.8 Å². The van der Waals surface area contributed by atoms with Crippen molar-refractivity contribution in [2.24, 2.45) is 0 Å². The molecule has 0 unspecified atom stereocenters. The number of sulfonamides is 1. The minimum atomic E-state index is -3.66. The molecule has 1 amide bonds. The molecule has 1 saturated heterocycles. The predicted octanol–water partition coefficient (Wildman–Crippen LogP) is 3.34. The molecule has 8 heteroatoms. The van der Waals surface area contributed by atoms with Crippen molar-refractivity contribution in [2.45, 2.75) is 18.7 Å². The second kappa shape index (κ2) is 8.10. The van der Waals surface area contributed by atoms with Gasteiger partial charge in [0.25, 0.3) is 5.91 Å². The van der Waals surface area contributed by atoms with Gasteiger partial charge in [0.2, 0.25) is 10.0 Å². The molecule has 27 heavy (non-hydrogen) atoms. The fraction of sp³-hybridized carbons (Fsp3) is 0.316. The molecule has 1 N–H and O–H groups in total. The van der Waals surface area contributed by atoms with Crippen LogP contribution in [0.1, 0.15) is 21.5 Å². The average Bonchev–Trinajstić information content (AvgIpc) is 2.65. The maximum Gasteiger partial charge on any atom is 0.256 e. The van der Waals surface area contributed by atoms with E-state index in [1.807, 2.05) is 19.1 Å². The zero-order valence-corrected chi connectivity index (χ0v) is 17.6. The van der Waals surface area contributed by atoms with Gasteiger partial charge in [0.1, 0.15) is 0 Å². The van der Waals surface area contributed by atoms with Crippen molar-refractivity contribution in [2.75, 3.05) is 31.6 Å². The summed E-state index contributed by atoms with van der Waals surface area (Å²) in [6.45, 7) is 5.12. The van der Waals surface area contributed by atoms with Crippen molar-refractivity contribution in [1.29, 1.82) is 0 Å². The third-order valence-electron chi connectivity index (χ3n) is 4.43. The van der Waals surface area contributed by atoms with Crippen LogP contribution >= 0.6 is 15.9 Å². The first kappa shape index (κ1) is 20.0. The largest absolute Gasteiger partial charge is 0.379 e. The van der Waals surface area contributed by atoms with E-state index in [0.29, 0.717) is 43.1 Å². The number of aryl methyl sites for hydroxylation is 2. The van der Waals surface area contributed by atoms with Gasteiger partial charge in [0, 0.05) is 23.1 Å². The van der Waals surface area contributed by atoms with Gasteiger partial charge in [-0.25, -0.2) is 8.42 Å². The maximum atomic E-state index is 12.9. The number of anilines is 1.